The molecule has 1 amide bonds. The molecule has 1 fully saturated rings. The number of thiophene rings is 1. The van der Waals surface area contributed by atoms with E-state index in [1.165, 1.54) is 24.1 Å². The van der Waals surface area contributed by atoms with Gasteiger partial charge in [-0.05, 0) is 37.6 Å². The van der Waals surface area contributed by atoms with Crippen LogP contribution < -0.4 is 10.6 Å². The van der Waals surface area contributed by atoms with Crippen molar-refractivity contribution in [3.05, 3.63) is 22.4 Å². The number of aliphatic imine (C=N–C) groups is 1. The summed E-state index contributed by atoms with van der Waals surface area (Å²) in [6, 6.07) is 4.63. The second kappa shape index (κ2) is 11.1. The summed E-state index contributed by atoms with van der Waals surface area (Å²) in [6.45, 7) is 4.35. The molecule has 0 aromatic carbocycles. The standard InChI is InChI=1S/C19H32N4OS/c1-3-20-19(23(2)14-12-17-10-7-15-25-17)21-13-11-18(24)22-16-8-5-4-6-9-16/h7,10,15-16H,3-6,8-9,11-14H2,1-2H3,(H,20,21)(H,22,24). The van der Waals surface area contributed by atoms with Crippen molar-refractivity contribution in [2.75, 3.05) is 26.7 Å². The molecule has 0 radical (unpaired) electrons. The Morgan fingerprint density at radius 1 is 1.36 bits per heavy atom. The third-order valence-electron chi connectivity index (χ3n) is 4.54. The van der Waals surface area contributed by atoms with Crippen LogP contribution in [0, 0.1) is 0 Å². The number of carbonyl (C=O) groups is 1. The van der Waals surface area contributed by atoms with Crippen LogP contribution in [-0.4, -0.2) is 49.5 Å². The molecule has 0 aliphatic heterocycles. The molecule has 25 heavy (non-hydrogen) atoms. The summed E-state index contributed by atoms with van der Waals surface area (Å²) in [5.41, 5.74) is 0. The highest BCUT2D eigenvalue weighted by atomic mass is 32.1. The van der Waals surface area contributed by atoms with E-state index in [0.717, 1.165) is 38.3 Å². The average Bonchev–Trinajstić information content (AvgIpc) is 3.13. The largest absolute Gasteiger partial charge is 0.357 e. The third-order valence-corrected chi connectivity index (χ3v) is 5.48. The fourth-order valence-corrected chi connectivity index (χ4v) is 3.82. The van der Waals surface area contributed by atoms with Crippen molar-refractivity contribution >= 4 is 23.2 Å². The first-order chi connectivity index (χ1) is 12.2. The van der Waals surface area contributed by atoms with Gasteiger partial charge in [0.05, 0.1) is 6.54 Å². The van der Waals surface area contributed by atoms with E-state index in [1.807, 2.05) is 0 Å². The average molecular weight is 365 g/mol. The maximum atomic E-state index is 12.1. The smallest absolute Gasteiger partial charge is 0.222 e. The van der Waals surface area contributed by atoms with Gasteiger partial charge in [-0.25, -0.2) is 0 Å². The van der Waals surface area contributed by atoms with Gasteiger partial charge < -0.3 is 15.5 Å². The molecule has 1 aliphatic rings. The number of hydrogen-bond acceptors (Lipinski definition) is 3. The van der Waals surface area contributed by atoms with Crippen LogP contribution in [0.1, 0.15) is 50.3 Å². The van der Waals surface area contributed by atoms with Crippen molar-refractivity contribution in [3.8, 4) is 0 Å². The van der Waals surface area contributed by atoms with Crippen LogP contribution in [0.5, 0.6) is 0 Å². The lowest BCUT2D eigenvalue weighted by molar-refractivity contribution is -0.121. The van der Waals surface area contributed by atoms with Gasteiger partial charge in [0.1, 0.15) is 0 Å². The number of hydrogen-bond donors (Lipinski definition) is 2. The normalized spacial score (nSPS) is 15.8. The number of nitrogens with one attached hydrogen (secondary N) is 2. The molecule has 0 atom stereocenters. The zero-order chi connectivity index (χ0) is 17.9. The predicted octanol–water partition coefficient (Wildman–Crippen LogP) is 3.03. The summed E-state index contributed by atoms with van der Waals surface area (Å²) in [7, 11) is 2.05. The van der Waals surface area contributed by atoms with E-state index in [2.05, 4.69) is 52.0 Å². The molecular weight excluding hydrogens is 332 g/mol. The molecule has 0 saturated heterocycles. The molecule has 6 heteroatoms. The lowest BCUT2D eigenvalue weighted by atomic mass is 9.95. The summed E-state index contributed by atoms with van der Waals surface area (Å²) in [5, 5.41) is 8.58. The second-order valence-corrected chi connectivity index (χ2v) is 7.67. The Kier molecular flexibility index (Phi) is 8.80. The van der Waals surface area contributed by atoms with Crippen LogP contribution in [0.4, 0.5) is 0 Å². The van der Waals surface area contributed by atoms with Crippen LogP contribution in [0.25, 0.3) is 0 Å². The lowest BCUT2D eigenvalue weighted by Gasteiger charge is -2.23. The topological polar surface area (TPSA) is 56.7 Å². The van der Waals surface area contributed by atoms with Gasteiger partial charge in [-0.1, -0.05) is 25.3 Å². The number of guanidine groups is 1. The van der Waals surface area contributed by atoms with Crippen molar-refractivity contribution < 1.29 is 4.79 Å². The van der Waals surface area contributed by atoms with Gasteiger partial charge in [0, 0.05) is 37.5 Å². The monoisotopic (exact) mass is 364 g/mol. The minimum Gasteiger partial charge on any atom is -0.357 e. The predicted molar refractivity (Wildman–Crippen MR) is 106 cm³/mol. The number of likely N-dealkylation sites (N-methyl/N-ethyl adjacent to an activating group) is 1. The van der Waals surface area contributed by atoms with Gasteiger partial charge in [-0.3, -0.25) is 9.79 Å². The SMILES string of the molecule is CCNC(=NCCC(=O)NC1CCCCC1)N(C)CCc1cccs1. The fraction of sp³-hybridized carbons (Fsp3) is 0.684. The van der Waals surface area contributed by atoms with Gasteiger partial charge in [0.2, 0.25) is 5.91 Å². The molecular formula is C19H32N4OS. The summed E-state index contributed by atoms with van der Waals surface area (Å²) < 4.78 is 0. The molecule has 1 aliphatic carbocycles. The molecule has 0 bridgehead atoms. The van der Waals surface area contributed by atoms with E-state index < -0.39 is 0 Å². The molecule has 1 saturated carbocycles. The Bertz CT molecular complexity index is 524. The van der Waals surface area contributed by atoms with Gasteiger partial charge >= 0.3 is 0 Å². The summed E-state index contributed by atoms with van der Waals surface area (Å²) in [6.07, 6.45) is 7.52. The van der Waals surface area contributed by atoms with Crippen molar-refractivity contribution in [1.82, 2.24) is 15.5 Å². The molecule has 1 heterocycles. The second-order valence-electron chi connectivity index (χ2n) is 6.64. The summed E-state index contributed by atoms with van der Waals surface area (Å²) >= 11 is 1.79. The number of rotatable bonds is 8. The number of carbonyl (C=O) groups excluding carboxylic acids is 1. The van der Waals surface area contributed by atoms with E-state index in [-0.39, 0.29) is 5.91 Å². The van der Waals surface area contributed by atoms with Crippen molar-refractivity contribution in [1.29, 1.82) is 0 Å². The first-order valence-electron chi connectivity index (χ1n) is 9.50. The molecule has 2 rings (SSSR count). The first kappa shape index (κ1) is 19.8. The molecule has 140 valence electrons. The molecule has 5 nitrogen and oxygen atoms in total. The van der Waals surface area contributed by atoms with E-state index in [9.17, 15) is 4.79 Å². The maximum absolute atomic E-state index is 12.1. The zero-order valence-corrected chi connectivity index (χ0v) is 16.4. The summed E-state index contributed by atoms with van der Waals surface area (Å²) in [4.78, 5) is 20.2. The highest BCUT2D eigenvalue weighted by Gasteiger charge is 2.15. The number of amides is 1. The number of nitrogens with zero attached hydrogens (tertiary/aromatic N) is 2. The Morgan fingerprint density at radius 3 is 2.84 bits per heavy atom. The van der Waals surface area contributed by atoms with Gasteiger partial charge in [-0.15, -0.1) is 11.3 Å². The van der Waals surface area contributed by atoms with Crippen molar-refractivity contribution in [3.63, 3.8) is 0 Å². The van der Waals surface area contributed by atoms with E-state index in [0.29, 0.717) is 19.0 Å². The van der Waals surface area contributed by atoms with E-state index in [1.54, 1.807) is 11.3 Å². The van der Waals surface area contributed by atoms with Crippen LogP contribution in [0.15, 0.2) is 22.5 Å². The van der Waals surface area contributed by atoms with E-state index >= 15 is 0 Å². The fourth-order valence-electron chi connectivity index (χ4n) is 3.12. The van der Waals surface area contributed by atoms with Gasteiger partial charge in [0.25, 0.3) is 0 Å². The Labute approximate surface area is 155 Å². The highest BCUT2D eigenvalue weighted by Crippen LogP contribution is 2.17. The van der Waals surface area contributed by atoms with Crippen LogP contribution in [-0.2, 0) is 11.2 Å². The minimum atomic E-state index is 0.132. The van der Waals surface area contributed by atoms with Crippen molar-refractivity contribution in [2.24, 2.45) is 4.99 Å². The Morgan fingerprint density at radius 2 is 2.16 bits per heavy atom. The Balaban J connectivity index is 1.74. The van der Waals surface area contributed by atoms with Crippen molar-refractivity contribution in [2.45, 2.75) is 57.9 Å². The first-order valence-corrected chi connectivity index (χ1v) is 10.4. The summed E-state index contributed by atoms with van der Waals surface area (Å²) in [5.74, 6) is 1.01. The third kappa shape index (κ3) is 7.46. The maximum Gasteiger partial charge on any atom is 0.222 e. The van der Waals surface area contributed by atoms with Gasteiger partial charge in [-0.2, -0.15) is 0 Å². The minimum absolute atomic E-state index is 0.132. The van der Waals surface area contributed by atoms with E-state index in [4.69, 9.17) is 0 Å². The molecule has 2 N–H and O–H groups in total. The molecule has 1 aromatic rings. The molecule has 0 spiro atoms. The highest BCUT2D eigenvalue weighted by molar-refractivity contribution is 7.09. The van der Waals surface area contributed by atoms with Crippen LogP contribution >= 0.6 is 11.3 Å². The van der Waals surface area contributed by atoms with Crippen LogP contribution in [0.2, 0.25) is 0 Å². The molecule has 0 unspecified atom stereocenters. The van der Waals surface area contributed by atoms with Gasteiger partial charge in [0.15, 0.2) is 5.96 Å². The Hall–Kier alpha value is -1.56. The molecule has 1 aromatic heterocycles. The quantitative estimate of drug-likeness (QED) is 0.551. The van der Waals surface area contributed by atoms with Crippen LogP contribution in [0.3, 0.4) is 0 Å². The zero-order valence-electron chi connectivity index (χ0n) is 15.6. The lowest BCUT2D eigenvalue weighted by Crippen LogP contribution is -2.40.